The molecular weight excluding hydrogens is 721 g/mol. The topological polar surface area (TPSA) is 56.7 Å². The van der Waals surface area contributed by atoms with Crippen LogP contribution in [-0.2, 0) is 5.41 Å². The Morgan fingerprint density at radius 1 is 0.559 bits per heavy atom. The van der Waals surface area contributed by atoms with Gasteiger partial charge in [0.05, 0.1) is 17.0 Å². The molecular formula is C54H38N4O. The van der Waals surface area contributed by atoms with Crippen molar-refractivity contribution >= 4 is 38.9 Å². The van der Waals surface area contributed by atoms with Crippen LogP contribution in [0, 0.1) is 0 Å². The van der Waals surface area contributed by atoms with Gasteiger partial charge in [0, 0.05) is 50.0 Å². The summed E-state index contributed by atoms with van der Waals surface area (Å²) in [5, 5.41) is 3.54. The Kier molecular flexibility index (Phi) is 7.33. The highest BCUT2D eigenvalue weighted by Crippen LogP contribution is 2.50. The highest BCUT2D eigenvalue weighted by molar-refractivity contribution is 6.15. The van der Waals surface area contributed by atoms with Crippen molar-refractivity contribution in [1.82, 2.24) is 19.5 Å². The van der Waals surface area contributed by atoms with Gasteiger partial charge in [-0.3, -0.25) is 0 Å². The van der Waals surface area contributed by atoms with E-state index in [1.54, 1.807) is 0 Å². The minimum Gasteiger partial charge on any atom is -0.456 e. The lowest BCUT2D eigenvalue weighted by Crippen LogP contribution is -2.15. The molecule has 0 spiro atoms. The summed E-state index contributed by atoms with van der Waals surface area (Å²) in [5.74, 6) is 2.81. The molecule has 3 aromatic heterocycles. The summed E-state index contributed by atoms with van der Waals surface area (Å²) in [7, 11) is 0. The molecule has 5 nitrogen and oxygen atoms in total. The summed E-state index contributed by atoms with van der Waals surface area (Å²) in [4.78, 5) is 15.7. The molecule has 280 valence electrons. The number of benzene rings is 7. The maximum Gasteiger partial charge on any atom is 0.163 e. The number of para-hydroxylation sites is 1. The molecule has 0 fully saturated rings. The number of allylic oxidation sites excluding steroid dienone is 1. The average Bonchev–Trinajstić information content (AvgIpc) is 3.92. The number of aromatic nitrogens is 4. The second-order valence-electron chi connectivity index (χ2n) is 16.3. The molecule has 0 saturated heterocycles. The van der Waals surface area contributed by atoms with Crippen LogP contribution in [0.3, 0.4) is 0 Å². The molecule has 7 aromatic carbocycles. The average molecular weight is 759 g/mol. The van der Waals surface area contributed by atoms with E-state index in [-0.39, 0.29) is 11.3 Å². The fourth-order valence-corrected chi connectivity index (χ4v) is 9.80. The Morgan fingerprint density at radius 3 is 2.10 bits per heavy atom. The van der Waals surface area contributed by atoms with Crippen LogP contribution in [0.2, 0.25) is 0 Å². The summed E-state index contributed by atoms with van der Waals surface area (Å²) < 4.78 is 9.13. The first-order valence-electron chi connectivity index (χ1n) is 20.4. The first-order chi connectivity index (χ1) is 29.0. The van der Waals surface area contributed by atoms with Gasteiger partial charge in [0.1, 0.15) is 17.2 Å². The summed E-state index contributed by atoms with van der Waals surface area (Å²) in [5.41, 5.74) is 14.8. The predicted molar refractivity (Wildman–Crippen MR) is 240 cm³/mol. The van der Waals surface area contributed by atoms with E-state index in [1.807, 2.05) is 18.2 Å². The molecule has 1 unspecified atom stereocenters. The van der Waals surface area contributed by atoms with Crippen LogP contribution in [0.5, 0.6) is 0 Å². The second kappa shape index (κ2) is 12.8. The van der Waals surface area contributed by atoms with Gasteiger partial charge in [-0.05, 0) is 76.2 Å². The Balaban J connectivity index is 1.000. The summed E-state index contributed by atoms with van der Waals surface area (Å²) in [6, 6.07) is 58.3. The molecule has 0 amide bonds. The number of furan rings is 1. The fraction of sp³-hybridized carbons (Fsp3) is 0.0926. The van der Waals surface area contributed by atoms with Crippen molar-refractivity contribution in [2.24, 2.45) is 0 Å². The number of nitrogens with zero attached hydrogens (tertiary/aromatic N) is 4. The third-order valence-corrected chi connectivity index (χ3v) is 12.6. The molecule has 3 heterocycles. The molecule has 0 aliphatic heterocycles. The molecule has 10 aromatic rings. The Labute approximate surface area is 342 Å². The standard InChI is InChI=1S/C54H38N4O/c1-54(2)43-23-11-9-19-38(43)39-29-27-35(31-44(39)54)52-55-51(34-17-7-4-8-18-34)56-53(57-52)42-22-14-26-47-50(42)41-30-28-36(32-48(41)59-47)58-45-24-12-10-20-40(45)49-37(21-13-25-46(49)58)33-15-5-3-6-16-33/h3-21,23-32,42H,22H2,1-2H3. The van der Waals surface area contributed by atoms with Crippen molar-refractivity contribution in [2.45, 2.75) is 31.6 Å². The molecule has 2 aliphatic rings. The molecule has 0 bridgehead atoms. The van der Waals surface area contributed by atoms with Gasteiger partial charge in [-0.1, -0.05) is 147 Å². The summed E-state index contributed by atoms with van der Waals surface area (Å²) in [6.07, 6.45) is 5.05. The van der Waals surface area contributed by atoms with Gasteiger partial charge in [-0.25, -0.2) is 15.0 Å². The van der Waals surface area contributed by atoms with Crippen molar-refractivity contribution < 1.29 is 4.42 Å². The molecule has 0 radical (unpaired) electrons. The molecule has 2 aliphatic carbocycles. The normalized spacial score (nSPS) is 15.1. The van der Waals surface area contributed by atoms with E-state index in [0.29, 0.717) is 11.6 Å². The van der Waals surface area contributed by atoms with E-state index < -0.39 is 0 Å². The van der Waals surface area contributed by atoms with Crippen LogP contribution >= 0.6 is 0 Å². The van der Waals surface area contributed by atoms with Crippen molar-refractivity contribution in [2.75, 3.05) is 0 Å². The zero-order valence-corrected chi connectivity index (χ0v) is 32.7. The van der Waals surface area contributed by atoms with Crippen LogP contribution in [0.4, 0.5) is 0 Å². The highest BCUT2D eigenvalue weighted by atomic mass is 16.3. The van der Waals surface area contributed by atoms with E-state index in [0.717, 1.165) is 62.4 Å². The summed E-state index contributed by atoms with van der Waals surface area (Å²) >= 11 is 0. The van der Waals surface area contributed by atoms with E-state index >= 15 is 0 Å². The maximum absolute atomic E-state index is 6.76. The van der Waals surface area contributed by atoms with Gasteiger partial charge in [0.2, 0.25) is 0 Å². The van der Waals surface area contributed by atoms with Crippen LogP contribution in [-0.4, -0.2) is 19.5 Å². The summed E-state index contributed by atoms with van der Waals surface area (Å²) in [6.45, 7) is 4.62. The number of fused-ring (bicyclic) bond motifs is 9. The minimum absolute atomic E-state index is 0.122. The van der Waals surface area contributed by atoms with Gasteiger partial charge in [-0.2, -0.15) is 0 Å². The molecule has 0 N–H and O–H groups in total. The second-order valence-corrected chi connectivity index (χ2v) is 16.3. The van der Waals surface area contributed by atoms with Crippen molar-refractivity contribution in [3.05, 3.63) is 198 Å². The first kappa shape index (κ1) is 33.7. The Hall–Kier alpha value is -7.37. The van der Waals surface area contributed by atoms with Crippen LogP contribution in [0.25, 0.3) is 89.6 Å². The maximum atomic E-state index is 6.76. The van der Waals surface area contributed by atoms with Crippen molar-refractivity contribution in [3.63, 3.8) is 0 Å². The van der Waals surface area contributed by atoms with Gasteiger partial charge in [-0.15, -0.1) is 0 Å². The van der Waals surface area contributed by atoms with E-state index in [2.05, 4.69) is 176 Å². The van der Waals surface area contributed by atoms with E-state index in [9.17, 15) is 0 Å². The third-order valence-electron chi connectivity index (χ3n) is 12.6. The van der Waals surface area contributed by atoms with Crippen LogP contribution in [0.15, 0.2) is 174 Å². The van der Waals surface area contributed by atoms with Crippen molar-refractivity contribution in [1.29, 1.82) is 0 Å². The smallest absolute Gasteiger partial charge is 0.163 e. The van der Waals surface area contributed by atoms with Gasteiger partial charge >= 0.3 is 0 Å². The number of hydrogen-bond acceptors (Lipinski definition) is 4. The molecule has 0 saturated carbocycles. The largest absolute Gasteiger partial charge is 0.456 e. The monoisotopic (exact) mass is 758 g/mol. The van der Waals surface area contributed by atoms with Crippen molar-refractivity contribution in [3.8, 4) is 50.7 Å². The van der Waals surface area contributed by atoms with Crippen LogP contribution < -0.4 is 0 Å². The Bertz CT molecular complexity index is 3340. The number of hydrogen-bond donors (Lipinski definition) is 0. The zero-order valence-electron chi connectivity index (χ0n) is 32.7. The predicted octanol–water partition coefficient (Wildman–Crippen LogP) is 13.6. The SMILES string of the molecule is CC1(C)c2ccccc2-c2ccc(-c3nc(-c4ccccc4)nc(C4CC=Cc5oc6cc(-n7c8ccccc8c8c(-c9ccccc9)cccc87)ccc6c54)n3)cc21. The van der Waals surface area contributed by atoms with Gasteiger partial charge < -0.3 is 8.98 Å². The highest BCUT2D eigenvalue weighted by Gasteiger charge is 2.36. The quantitative estimate of drug-likeness (QED) is 0.175. The number of rotatable bonds is 5. The van der Waals surface area contributed by atoms with E-state index in [4.69, 9.17) is 19.4 Å². The third kappa shape index (κ3) is 5.14. The van der Waals surface area contributed by atoms with Gasteiger partial charge in [0.25, 0.3) is 0 Å². The van der Waals surface area contributed by atoms with E-state index in [1.165, 1.54) is 44.2 Å². The zero-order chi connectivity index (χ0) is 39.2. The lowest BCUT2D eigenvalue weighted by molar-refractivity contribution is 0.586. The lowest BCUT2D eigenvalue weighted by atomic mass is 9.82. The fourth-order valence-electron chi connectivity index (χ4n) is 9.80. The molecule has 1 atom stereocenters. The lowest BCUT2D eigenvalue weighted by Gasteiger charge is -2.22. The molecule has 5 heteroatoms. The first-order valence-corrected chi connectivity index (χ1v) is 20.4. The molecule has 59 heavy (non-hydrogen) atoms. The molecule has 12 rings (SSSR count). The van der Waals surface area contributed by atoms with Crippen LogP contribution in [0.1, 0.15) is 54.5 Å². The minimum atomic E-state index is -0.138. The van der Waals surface area contributed by atoms with Gasteiger partial charge in [0.15, 0.2) is 11.6 Å². The Morgan fingerprint density at radius 2 is 1.25 bits per heavy atom.